The van der Waals surface area contributed by atoms with Crippen LogP contribution in [0.25, 0.3) is 11.3 Å². The van der Waals surface area contributed by atoms with Crippen LogP contribution in [0, 0.1) is 19.7 Å². The molecule has 1 amide bonds. The third-order valence-corrected chi connectivity index (χ3v) is 6.05. The average molecular weight is 461 g/mol. The van der Waals surface area contributed by atoms with Crippen LogP contribution in [0.1, 0.15) is 34.4 Å². The second-order valence-corrected chi connectivity index (χ2v) is 8.62. The van der Waals surface area contributed by atoms with Crippen molar-refractivity contribution in [3.8, 4) is 11.3 Å². The highest BCUT2D eigenvalue weighted by Crippen LogP contribution is 2.29. The van der Waals surface area contributed by atoms with E-state index in [4.69, 9.17) is 4.98 Å². The number of rotatable bonds is 5. The predicted octanol–water partition coefficient (Wildman–Crippen LogP) is 3.62. The van der Waals surface area contributed by atoms with Crippen LogP contribution in [0.4, 0.5) is 16.2 Å². The molecule has 0 radical (unpaired) electrons. The first-order valence-corrected chi connectivity index (χ1v) is 11.0. The van der Waals surface area contributed by atoms with Crippen LogP contribution in [0.2, 0.25) is 0 Å². The van der Waals surface area contributed by atoms with Gasteiger partial charge in [-0.3, -0.25) is 14.5 Å². The van der Waals surface area contributed by atoms with Crippen molar-refractivity contribution in [3.63, 3.8) is 0 Å². The summed E-state index contributed by atoms with van der Waals surface area (Å²) in [6, 6.07) is 6.58. The summed E-state index contributed by atoms with van der Waals surface area (Å²) in [4.78, 5) is 28.4. The van der Waals surface area contributed by atoms with Crippen LogP contribution in [0.3, 0.4) is 0 Å². The number of nitrogens with one attached hydrogen (secondary N) is 1. The molecule has 1 aliphatic heterocycles. The van der Waals surface area contributed by atoms with E-state index in [1.54, 1.807) is 28.0 Å². The highest BCUT2D eigenvalue weighted by Gasteiger charge is 2.32. The van der Waals surface area contributed by atoms with Gasteiger partial charge in [0.05, 0.1) is 24.1 Å². The van der Waals surface area contributed by atoms with Gasteiger partial charge in [0, 0.05) is 49.4 Å². The number of carbonyl (C=O) groups excluding carboxylic acids is 1. The van der Waals surface area contributed by atoms with Crippen LogP contribution in [0.5, 0.6) is 0 Å². The van der Waals surface area contributed by atoms with Crippen molar-refractivity contribution in [1.29, 1.82) is 0 Å². The average Bonchev–Trinajstić information content (AvgIpc) is 3.41. The van der Waals surface area contributed by atoms with E-state index in [1.807, 2.05) is 50.7 Å². The quantitative estimate of drug-likeness (QED) is 0.489. The first-order valence-electron chi connectivity index (χ1n) is 11.0. The Hall–Kier alpha value is -4.08. The summed E-state index contributed by atoms with van der Waals surface area (Å²) in [6.45, 7) is 6.42. The summed E-state index contributed by atoms with van der Waals surface area (Å²) in [5, 5.41) is 7.31. The van der Waals surface area contributed by atoms with Crippen molar-refractivity contribution in [2.45, 2.75) is 39.9 Å². The molecule has 34 heavy (non-hydrogen) atoms. The van der Waals surface area contributed by atoms with E-state index >= 15 is 0 Å². The molecule has 0 spiro atoms. The number of halogens is 1. The number of amides is 1. The molecule has 1 atom stereocenters. The molecule has 1 aliphatic rings. The molecule has 174 valence electrons. The fraction of sp³-hybridized carbons (Fsp3) is 0.292. The molecule has 5 heterocycles. The van der Waals surface area contributed by atoms with Crippen molar-refractivity contribution >= 4 is 17.7 Å². The fourth-order valence-electron chi connectivity index (χ4n) is 4.20. The fourth-order valence-corrected chi connectivity index (χ4v) is 4.20. The van der Waals surface area contributed by atoms with Crippen LogP contribution >= 0.6 is 0 Å². The summed E-state index contributed by atoms with van der Waals surface area (Å²) in [6.07, 6.45) is 5.38. The van der Waals surface area contributed by atoms with Gasteiger partial charge < -0.3 is 14.8 Å². The highest BCUT2D eigenvalue weighted by atomic mass is 19.1. The van der Waals surface area contributed by atoms with Gasteiger partial charge in [-0.25, -0.2) is 14.4 Å². The Labute approximate surface area is 196 Å². The number of aromatic nitrogens is 6. The lowest BCUT2D eigenvalue weighted by Gasteiger charge is -2.34. The van der Waals surface area contributed by atoms with Crippen LogP contribution in [0.15, 0.2) is 42.9 Å². The van der Waals surface area contributed by atoms with Gasteiger partial charge in [0.2, 0.25) is 5.95 Å². The molecule has 4 aromatic rings. The van der Waals surface area contributed by atoms with Crippen LogP contribution < -0.4 is 5.32 Å². The van der Waals surface area contributed by atoms with E-state index in [0.29, 0.717) is 23.9 Å². The number of carbonyl (C=O) groups is 1. The number of pyridine rings is 1. The Morgan fingerprint density at radius 1 is 1.21 bits per heavy atom. The molecule has 0 saturated carbocycles. The first kappa shape index (κ1) is 21.7. The van der Waals surface area contributed by atoms with Crippen molar-refractivity contribution in [3.05, 3.63) is 71.3 Å². The Balaban J connectivity index is 1.45. The lowest BCUT2D eigenvalue weighted by molar-refractivity contribution is 0.0590. The number of hydrogen-bond acceptors (Lipinski definition) is 6. The number of anilines is 2. The molecular weight excluding hydrogens is 435 g/mol. The van der Waals surface area contributed by atoms with E-state index in [9.17, 15) is 9.18 Å². The smallest absolute Gasteiger partial charge is 0.271 e. The third-order valence-electron chi connectivity index (χ3n) is 6.05. The summed E-state index contributed by atoms with van der Waals surface area (Å²) in [7, 11) is 1.83. The van der Waals surface area contributed by atoms with Crippen molar-refractivity contribution < 1.29 is 9.18 Å². The molecule has 0 aliphatic carbocycles. The Morgan fingerprint density at radius 2 is 2.03 bits per heavy atom. The summed E-state index contributed by atoms with van der Waals surface area (Å²) in [5.41, 5.74) is 3.99. The molecule has 9 nitrogen and oxygen atoms in total. The molecule has 5 rings (SSSR count). The predicted molar refractivity (Wildman–Crippen MR) is 125 cm³/mol. The number of aryl methyl sites for hydroxylation is 3. The summed E-state index contributed by atoms with van der Waals surface area (Å²) >= 11 is 0. The van der Waals surface area contributed by atoms with Gasteiger partial charge in [-0.2, -0.15) is 5.10 Å². The first-order chi connectivity index (χ1) is 16.3. The molecule has 0 bridgehead atoms. The zero-order valence-corrected chi connectivity index (χ0v) is 19.4. The maximum atomic E-state index is 14.3. The minimum Gasteiger partial charge on any atom is -0.341 e. The second kappa shape index (κ2) is 8.36. The maximum Gasteiger partial charge on any atom is 0.271 e. The van der Waals surface area contributed by atoms with E-state index < -0.39 is 5.82 Å². The van der Waals surface area contributed by atoms with Crippen molar-refractivity contribution in [1.82, 2.24) is 34.2 Å². The van der Waals surface area contributed by atoms with Gasteiger partial charge in [0.15, 0.2) is 0 Å². The van der Waals surface area contributed by atoms with Gasteiger partial charge in [-0.05, 0) is 44.5 Å². The zero-order valence-electron chi connectivity index (χ0n) is 19.4. The van der Waals surface area contributed by atoms with Crippen molar-refractivity contribution in [2.24, 2.45) is 7.05 Å². The Kier molecular flexibility index (Phi) is 5.35. The van der Waals surface area contributed by atoms with E-state index in [1.165, 1.54) is 6.07 Å². The summed E-state index contributed by atoms with van der Waals surface area (Å²) in [5.74, 6) is 0.642. The second-order valence-electron chi connectivity index (χ2n) is 8.62. The van der Waals surface area contributed by atoms with Gasteiger partial charge in [0.1, 0.15) is 17.3 Å². The number of nitrogens with zero attached hydrogens (tertiary/aromatic N) is 7. The molecule has 0 fully saturated rings. The van der Waals surface area contributed by atoms with E-state index in [0.717, 1.165) is 22.6 Å². The molecule has 1 unspecified atom stereocenters. The summed E-state index contributed by atoms with van der Waals surface area (Å²) < 4.78 is 17.9. The molecule has 1 N–H and O–H groups in total. The van der Waals surface area contributed by atoms with Crippen LogP contribution in [-0.2, 0) is 20.1 Å². The monoisotopic (exact) mass is 460 g/mol. The van der Waals surface area contributed by atoms with E-state index in [2.05, 4.69) is 20.4 Å². The number of fused-ring (bicyclic) bond motifs is 1. The zero-order chi connectivity index (χ0) is 24.0. The van der Waals surface area contributed by atoms with Gasteiger partial charge in [0.25, 0.3) is 5.91 Å². The molecule has 4 aromatic heterocycles. The van der Waals surface area contributed by atoms with Crippen LogP contribution in [-0.4, -0.2) is 46.1 Å². The van der Waals surface area contributed by atoms with Crippen molar-refractivity contribution in [2.75, 3.05) is 5.32 Å². The molecular formula is C24H25FN8O. The molecule has 0 saturated heterocycles. The Bertz CT molecular complexity index is 1390. The minimum atomic E-state index is -0.405. The standard InChI is InChI=1S/C24H25FN8O/c1-14-10-26-24(29-21-7-8-27-31(21)4)30-22(14)17-9-20-23(34)33(16(3)11-32(20)12-17)13-19-18(25)6-5-15(2)28-19/h5-10,12,16H,11,13H2,1-4H3,(H,26,29,30). The largest absolute Gasteiger partial charge is 0.341 e. The Morgan fingerprint density at radius 3 is 2.79 bits per heavy atom. The SMILES string of the molecule is Cc1ccc(F)c(CN2C(=O)c3cc(-c4nc(Nc5ccnn5C)ncc4C)cn3CC2C)n1. The van der Waals surface area contributed by atoms with Gasteiger partial charge in [-0.15, -0.1) is 0 Å². The van der Waals surface area contributed by atoms with E-state index in [-0.39, 0.29) is 24.2 Å². The maximum absolute atomic E-state index is 14.3. The minimum absolute atomic E-state index is 0.115. The lowest BCUT2D eigenvalue weighted by atomic mass is 10.1. The molecule has 0 aromatic carbocycles. The normalized spacial score (nSPS) is 15.5. The highest BCUT2D eigenvalue weighted by molar-refractivity contribution is 5.95. The van der Waals surface area contributed by atoms with Gasteiger partial charge >= 0.3 is 0 Å². The lowest BCUT2D eigenvalue weighted by Crippen LogP contribution is -2.45. The third kappa shape index (κ3) is 3.91. The number of hydrogen-bond donors (Lipinski definition) is 1. The molecule has 10 heteroatoms. The van der Waals surface area contributed by atoms with Gasteiger partial charge in [-0.1, -0.05) is 0 Å². The topological polar surface area (TPSA) is 93.8 Å².